The number of rotatable bonds is 4. The molecule has 0 bridgehead atoms. The molecule has 2 aromatic rings. The molecule has 20 heavy (non-hydrogen) atoms. The van der Waals surface area contributed by atoms with E-state index >= 15 is 0 Å². The van der Waals surface area contributed by atoms with E-state index in [1.54, 1.807) is 30.8 Å². The Bertz CT molecular complexity index is 639. The van der Waals surface area contributed by atoms with Gasteiger partial charge in [-0.3, -0.25) is 15.4 Å². The maximum absolute atomic E-state index is 11.3. The standard InChI is InChI=1S/C12H11ClN4O2S/c1-7-10(11(18)17-19)20-12(15-7)16-14-6-8-2-4-9(13)5-3-8/h2-6,19H,1H3,(H,15,16)(H,17,18)/b14-6+. The number of anilines is 1. The number of aryl methyl sites for hydroxylation is 1. The first-order chi connectivity index (χ1) is 9.60. The lowest BCUT2D eigenvalue weighted by Crippen LogP contribution is -2.18. The summed E-state index contributed by atoms with van der Waals surface area (Å²) in [5, 5.41) is 13.7. The summed E-state index contributed by atoms with van der Waals surface area (Å²) < 4.78 is 0. The first-order valence-electron chi connectivity index (χ1n) is 5.56. The normalized spacial score (nSPS) is 10.8. The predicted molar refractivity (Wildman–Crippen MR) is 78.8 cm³/mol. The number of hydrazone groups is 1. The third kappa shape index (κ3) is 3.53. The third-order valence-corrected chi connectivity index (χ3v) is 3.66. The van der Waals surface area contributed by atoms with Crippen LogP contribution >= 0.6 is 22.9 Å². The second kappa shape index (κ2) is 6.47. The van der Waals surface area contributed by atoms with Crippen LogP contribution in [-0.4, -0.2) is 22.3 Å². The number of nitrogens with zero attached hydrogens (tertiary/aromatic N) is 2. The SMILES string of the molecule is Cc1nc(N/N=C/c2ccc(Cl)cc2)sc1C(=O)NO. The highest BCUT2D eigenvalue weighted by Gasteiger charge is 2.13. The Morgan fingerprint density at radius 2 is 2.15 bits per heavy atom. The van der Waals surface area contributed by atoms with Crippen LogP contribution in [-0.2, 0) is 0 Å². The van der Waals surface area contributed by atoms with Crippen LogP contribution in [0.15, 0.2) is 29.4 Å². The average Bonchev–Trinajstić information content (AvgIpc) is 2.81. The van der Waals surface area contributed by atoms with Crippen LogP contribution in [0.1, 0.15) is 20.9 Å². The lowest BCUT2D eigenvalue weighted by Gasteiger charge is -1.94. The van der Waals surface area contributed by atoms with E-state index in [9.17, 15) is 4.79 Å². The minimum Gasteiger partial charge on any atom is -0.288 e. The lowest BCUT2D eigenvalue weighted by atomic mass is 10.2. The summed E-state index contributed by atoms with van der Waals surface area (Å²) in [4.78, 5) is 15.8. The van der Waals surface area contributed by atoms with Crippen molar-refractivity contribution in [3.8, 4) is 0 Å². The van der Waals surface area contributed by atoms with Crippen molar-refractivity contribution in [2.75, 3.05) is 5.43 Å². The zero-order chi connectivity index (χ0) is 14.5. The largest absolute Gasteiger partial charge is 0.288 e. The number of aromatic nitrogens is 1. The summed E-state index contributed by atoms with van der Waals surface area (Å²) in [5.74, 6) is -0.588. The Labute approximate surface area is 124 Å². The van der Waals surface area contributed by atoms with Crippen LogP contribution in [0.25, 0.3) is 0 Å². The van der Waals surface area contributed by atoms with E-state index in [0.29, 0.717) is 20.7 Å². The molecule has 0 radical (unpaired) electrons. The number of hydroxylamine groups is 1. The van der Waals surface area contributed by atoms with Gasteiger partial charge in [-0.15, -0.1) is 0 Å². The van der Waals surface area contributed by atoms with Crippen molar-refractivity contribution >= 4 is 40.2 Å². The van der Waals surface area contributed by atoms with Gasteiger partial charge in [0.05, 0.1) is 11.9 Å². The minimum absolute atomic E-state index is 0.330. The molecule has 0 saturated heterocycles. The fourth-order valence-electron chi connectivity index (χ4n) is 1.42. The number of halogens is 1. The highest BCUT2D eigenvalue weighted by atomic mass is 35.5. The van der Waals surface area contributed by atoms with Crippen molar-refractivity contribution in [3.05, 3.63) is 45.4 Å². The second-order valence-electron chi connectivity index (χ2n) is 3.80. The zero-order valence-corrected chi connectivity index (χ0v) is 12.0. The molecule has 0 aliphatic carbocycles. The first-order valence-corrected chi connectivity index (χ1v) is 6.76. The molecule has 0 fully saturated rings. The summed E-state index contributed by atoms with van der Waals surface area (Å²) in [5.41, 5.74) is 5.70. The van der Waals surface area contributed by atoms with Crippen LogP contribution in [0, 0.1) is 6.92 Å². The molecule has 104 valence electrons. The van der Waals surface area contributed by atoms with Crippen LogP contribution in [0.2, 0.25) is 5.02 Å². The van der Waals surface area contributed by atoms with Crippen molar-refractivity contribution in [2.45, 2.75) is 6.92 Å². The third-order valence-electron chi connectivity index (χ3n) is 2.35. The Balaban J connectivity index is 2.04. The van der Waals surface area contributed by atoms with Crippen LogP contribution in [0.4, 0.5) is 5.13 Å². The molecule has 0 aliphatic rings. The number of carbonyl (C=O) groups excluding carboxylic acids is 1. The number of amides is 1. The van der Waals surface area contributed by atoms with Gasteiger partial charge in [0.25, 0.3) is 5.91 Å². The molecule has 3 N–H and O–H groups in total. The summed E-state index contributed by atoms with van der Waals surface area (Å²) in [6.45, 7) is 1.68. The van der Waals surface area contributed by atoms with Gasteiger partial charge in [-0.25, -0.2) is 10.5 Å². The molecule has 2 rings (SSSR count). The molecule has 0 aliphatic heterocycles. The predicted octanol–water partition coefficient (Wildman–Crippen LogP) is 2.67. The smallest absolute Gasteiger partial charge is 0.286 e. The van der Waals surface area contributed by atoms with Gasteiger partial charge in [-0.1, -0.05) is 35.1 Å². The lowest BCUT2D eigenvalue weighted by molar-refractivity contribution is 0.0710. The summed E-state index contributed by atoms with van der Waals surface area (Å²) in [7, 11) is 0. The van der Waals surface area contributed by atoms with Gasteiger partial charge in [-0.2, -0.15) is 5.10 Å². The number of hydrogen-bond donors (Lipinski definition) is 3. The molecule has 1 heterocycles. The summed E-state index contributed by atoms with van der Waals surface area (Å²) in [6, 6.07) is 7.18. The van der Waals surface area contributed by atoms with Gasteiger partial charge in [-0.05, 0) is 24.6 Å². The molecule has 1 amide bonds. The van der Waals surface area contributed by atoms with E-state index in [0.717, 1.165) is 16.9 Å². The maximum Gasteiger partial charge on any atom is 0.286 e. The second-order valence-corrected chi connectivity index (χ2v) is 5.23. The molecule has 0 atom stereocenters. The van der Waals surface area contributed by atoms with Gasteiger partial charge < -0.3 is 0 Å². The highest BCUT2D eigenvalue weighted by Crippen LogP contribution is 2.22. The average molecular weight is 311 g/mol. The molecule has 8 heteroatoms. The van der Waals surface area contributed by atoms with Gasteiger partial charge in [0.1, 0.15) is 4.88 Å². The van der Waals surface area contributed by atoms with E-state index in [1.807, 2.05) is 12.1 Å². The van der Waals surface area contributed by atoms with Crippen LogP contribution in [0.5, 0.6) is 0 Å². The molecule has 0 saturated carbocycles. The Kier molecular flexibility index (Phi) is 4.67. The number of nitrogens with one attached hydrogen (secondary N) is 2. The van der Waals surface area contributed by atoms with Crippen molar-refractivity contribution in [3.63, 3.8) is 0 Å². The molecule has 1 aromatic carbocycles. The molecular formula is C12H11ClN4O2S. The zero-order valence-electron chi connectivity index (χ0n) is 10.4. The van der Waals surface area contributed by atoms with Gasteiger partial charge in [0.15, 0.2) is 0 Å². The van der Waals surface area contributed by atoms with Crippen molar-refractivity contribution < 1.29 is 10.0 Å². The fraction of sp³-hybridized carbons (Fsp3) is 0.0833. The van der Waals surface area contributed by atoms with E-state index < -0.39 is 5.91 Å². The molecular weight excluding hydrogens is 300 g/mol. The Morgan fingerprint density at radius 1 is 1.45 bits per heavy atom. The fourth-order valence-corrected chi connectivity index (χ4v) is 2.35. The maximum atomic E-state index is 11.3. The number of hydrogen-bond acceptors (Lipinski definition) is 6. The molecule has 0 unspecified atom stereocenters. The van der Waals surface area contributed by atoms with E-state index in [4.69, 9.17) is 16.8 Å². The molecule has 0 spiro atoms. The minimum atomic E-state index is -0.588. The quantitative estimate of drug-likeness (QED) is 0.460. The van der Waals surface area contributed by atoms with Gasteiger partial charge in [0, 0.05) is 5.02 Å². The highest BCUT2D eigenvalue weighted by molar-refractivity contribution is 7.17. The van der Waals surface area contributed by atoms with Crippen LogP contribution in [0.3, 0.4) is 0 Å². The number of benzene rings is 1. The molecule has 1 aromatic heterocycles. The van der Waals surface area contributed by atoms with Crippen LogP contribution < -0.4 is 10.9 Å². The number of thiazole rings is 1. The summed E-state index contributed by atoms with van der Waals surface area (Å²) >= 11 is 6.88. The van der Waals surface area contributed by atoms with Crippen molar-refractivity contribution in [1.29, 1.82) is 0 Å². The molecule has 6 nitrogen and oxygen atoms in total. The topological polar surface area (TPSA) is 86.6 Å². The Morgan fingerprint density at radius 3 is 2.80 bits per heavy atom. The van der Waals surface area contributed by atoms with E-state index in [2.05, 4.69) is 15.5 Å². The Hall–Kier alpha value is -1.96. The number of carbonyl (C=O) groups is 1. The summed E-state index contributed by atoms with van der Waals surface area (Å²) in [6.07, 6.45) is 1.61. The monoisotopic (exact) mass is 310 g/mol. The first kappa shape index (κ1) is 14.4. The van der Waals surface area contributed by atoms with Crippen molar-refractivity contribution in [2.24, 2.45) is 5.10 Å². The van der Waals surface area contributed by atoms with E-state index in [-0.39, 0.29) is 0 Å². The van der Waals surface area contributed by atoms with Gasteiger partial charge in [0.2, 0.25) is 5.13 Å². The van der Waals surface area contributed by atoms with Crippen molar-refractivity contribution in [1.82, 2.24) is 10.5 Å². The van der Waals surface area contributed by atoms with E-state index in [1.165, 1.54) is 0 Å². The van der Waals surface area contributed by atoms with Gasteiger partial charge >= 0.3 is 0 Å².